The van der Waals surface area contributed by atoms with Crippen LogP contribution in [0, 0.1) is 0 Å². The molecule has 12 heavy (non-hydrogen) atoms. The first-order chi connectivity index (χ1) is 5.41. The van der Waals surface area contributed by atoms with E-state index in [2.05, 4.69) is 0 Å². The van der Waals surface area contributed by atoms with Gasteiger partial charge in [-0.15, -0.1) is 0 Å². The van der Waals surface area contributed by atoms with Crippen LogP contribution >= 0.6 is 0 Å². The summed E-state index contributed by atoms with van der Waals surface area (Å²) in [6, 6.07) is 0. The van der Waals surface area contributed by atoms with E-state index in [4.69, 9.17) is 14.2 Å². The van der Waals surface area contributed by atoms with Gasteiger partial charge in [0.25, 0.3) is 0 Å². The second kappa shape index (κ2) is 2.20. The molecule has 0 amide bonds. The fraction of sp³-hybridized carbons (Fsp3) is 1.00. The van der Waals surface area contributed by atoms with Crippen LogP contribution in [0.25, 0.3) is 0 Å². The summed E-state index contributed by atoms with van der Waals surface area (Å²) in [6.07, 6.45) is -0.484. The lowest BCUT2D eigenvalue weighted by atomic mass is 10.1. The first kappa shape index (κ1) is 8.44. The zero-order valence-electron chi connectivity index (χ0n) is 7.53. The quantitative estimate of drug-likeness (QED) is 0.571. The summed E-state index contributed by atoms with van der Waals surface area (Å²) >= 11 is 0. The first-order valence-electron chi connectivity index (χ1n) is 4.13. The van der Waals surface area contributed by atoms with Gasteiger partial charge < -0.3 is 19.3 Å². The number of fused-ring (bicyclic) bond motifs is 1. The van der Waals surface area contributed by atoms with Crippen molar-refractivity contribution in [2.45, 2.75) is 44.6 Å². The molecule has 70 valence electrons. The van der Waals surface area contributed by atoms with Gasteiger partial charge in [0.1, 0.15) is 12.2 Å². The van der Waals surface area contributed by atoms with Crippen molar-refractivity contribution in [3.8, 4) is 0 Å². The predicted octanol–water partition coefficient (Wildman–Crippen LogP) is 0.245. The van der Waals surface area contributed by atoms with E-state index in [1.165, 1.54) is 0 Å². The first-order valence-corrected chi connectivity index (χ1v) is 4.13. The molecule has 2 rings (SSSR count). The van der Waals surface area contributed by atoms with Gasteiger partial charge in [-0.1, -0.05) is 0 Å². The number of aliphatic hydroxyl groups is 1. The molecule has 0 bridgehead atoms. The lowest BCUT2D eigenvalue weighted by Gasteiger charge is -2.25. The molecule has 0 aromatic rings. The van der Waals surface area contributed by atoms with Crippen molar-refractivity contribution in [3.05, 3.63) is 0 Å². The van der Waals surface area contributed by atoms with Crippen LogP contribution in [-0.2, 0) is 14.2 Å². The highest BCUT2D eigenvalue weighted by molar-refractivity contribution is 4.94. The van der Waals surface area contributed by atoms with Crippen LogP contribution in [0.2, 0.25) is 0 Å². The minimum atomic E-state index is -1.20. The van der Waals surface area contributed by atoms with E-state index in [1.807, 2.05) is 13.8 Å². The molecular formula is C8H14O4. The van der Waals surface area contributed by atoms with Crippen molar-refractivity contribution < 1.29 is 19.3 Å². The van der Waals surface area contributed by atoms with Gasteiger partial charge in [0.15, 0.2) is 11.6 Å². The topological polar surface area (TPSA) is 47.9 Å². The SMILES string of the molecule is CC1(C)O[C@@H]2[C@@H](COC2(C)O)O1. The lowest BCUT2D eigenvalue weighted by Crippen LogP contribution is -2.40. The van der Waals surface area contributed by atoms with E-state index in [0.29, 0.717) is 6.61 Å². The van der Waals surface area contributed by atoms with Crippen molar-refractivity contribution in [1.29, 1.82) is 0 Å². The Kier molecular flexibility index (Phi) is 1.55. The van der Waals surface area contributed by atoms with Crippen LogP contribution in [0.5, 0.6) is 0 Å². The summed E-state index contributed by atoms with van der Waals surface area (Å²) in [4.78, 5) is 0. The van der Waals surface area contributed by atoms with Crippen molar-refractivity contribution >= 4 is 0 Å². The summed E-state index contributed by atoms with van der Waals surface area (Å²) in [6.45, 7) is 5.67. The largest absolute Gasteiger partial charge is 0.364 e. The number of rotatable bonds is 0. The summed E-state index contributed by atoms with van der Waals surface area (Å²) < 4.78 is 16.1. The maximum Gasteiger partial charge on any atom is 0.192 e. The van der Waals surface area contributed by atoms with Crippen LogP contribution in [-0.4, -0.2) is 35.5 Å². The van der Waals surface area contributed by atoms with E-state index >= 15 is 0 Å². The molecule has 2 saturated heterocycles. The van der Waals surface area contributed by atoms with Crippen LogP contribution in [0.3, 0.4) is 0 Å². The molecule has 0 radical (unpaired) electrons. The smallest absolute Gasteiger partial charge is 0.192 e. The van der Waals surface area contributed by atoms with Crippen molar-refractivity contribution in [2.24, 2.45) is 0 Å². The molecule has 3 atom stereocenters. The highest BCUT2D eigenvalue weighted by atomic mass is 16.8. The average molecular weight is 174 g/mol. The highest BCUT2D eigenvalue weighted by Crippen LogP contribution is 2.39. The Bertz CT molecular complexity index is 199. The van der Waals surface area contributed by atoms with E-state index in [1.54, 1.807) is 6.92 Å². The van der Waals surface area contributed by atoms with E-state index in [9.17, 15) is 5.11 Å². The second-order valence-corrected chi connectivity index (χ2v) is 3.96. The fourth-order valence-electron chi connectivity index (χ4n) is 1.74. The Morgan fingerprint density at radius 2 is 1.92 bits per heavy atom. The molecular weight excluding hydrogens is 160 g/mol. The molecule has 0 aliphatic carbocycles. The van der Waals surface area contributed by atoms with Crippen molar-refractivity contribution in [3.63, 3.8) is 0 Å². The summed E-state index contributed by atoms with van der Waals surface area (Å²) in [7, 11) is 0. The average Bonchev–Trinajstić information content (AvgIpc) is 2.31. The Hall–Kier alpha value is -0.160. The molecule has 0 saturated carbocycles. The van der Waals surface area contributed by atoms with Crippen molar-refractivity contribution in [2.75, 3.05) is 6.61 Å². The third-order valence-electron chi connectivity index (χ3n) is 2.25. The number of hydrogen-bond acceptors (Lipinski definition) is 4. The van der Waals surface area contributed by atoms with Gasteiger partial charge in [-0.3, -0.25) is 0 Å². The Balaban J connectivity index is 2.17. The van der Waals surface area contributed by atoms with Crippen LogP contribution in [0.4, 0.5) is 0 Å². The monoisotopic (exact) mass is 174 g/mol. The number of ether oxygens (including phenoxy) is 3. The Morgan fingerprint density at radius 3 is 2.50 bits per heavy atom. The minimum Gasteiger partial charge on any atom is -0.364 e. The van der Waals surface area contributed by atoms with Crippen LogP contribution in [0.15, 0.2) is 0 Å². The number of hydrogen-bond donors (Lipinski definition) is 1. The van der Waals surface area contributed by atoms with E-state index < -0.39 is 11.6 Å². The van der Waals surface area contributed by atoms with E-state index in [-0.39, 0.29) is 12.2 Å². The molecule has 0 spiro atoms. The van der Waals surface area contributed by atoms with Gasteiger partial charge in [0, 0.05) is 0 Å². The molecule has 2 fully saturated rings. The van der Waals surface area contributed by atoms with Gasteiger partial charge in [-0.2, -0.15) is 0 Å². The molecule has 0 aromatic carbocycles. The fourth-order valence-corrected chi connectivity index (χ4v) is 1.74. The molecule has 4 nitrogen and oxygen atoms in total. The lowest BCUT2D eigenvalue weighted by molar-refractivity contribution is -0.250. The third kappa shape index (κ3) is 1.15. The van der Waals surface area contributed by atoms with Crippen molar-refractivity contribution in [1.82, 2.24) is 0 Å². The highest BCUT2D eigenvalue weighted by Gasteiger charge is 2.55. The summed E-state index contributed by atoms with van der Waals surface area (Å²) in [5.41, 5.74) is 0. The molecule has 1 N–H and O–H groups in total. The predicted molar refractivity (Wildman–Crippen MR) is 40.4 cm³/mol. The maximum absolute atomic E-state index is 9.67. The second-order valence-electron chi connectivity index (χ2n) is 3.96. The zero-order valence-corrected chi connectivity index (χ0v) is 7.53. The van der Waals surface area contributed by atoms with Gasteiger partial charge >= 0.3 is 0 Å². The van der Waals surface area contributed by atoms with Crippen LogP contribution in [0.1, 0.15) is 20.8 Å². The molecule has 2 heterocycles. The summed E-state index contributed by atoms with van der Waals surface area (Å²) in [5.74, 6) is -1.79. The summed E-state index contributed by atoms with van der Waals surface area (Å²) in [5, 5.41) is 9.67. The van der Waals surface area contributed by atoms with Gasteiger partial charge in [0.05, 0.1) is 6.61 Å². The zero-order chi connectivity index (χ0) is 8.98. The van der Waals surface area contributed by atoms with Crippen LogP contribution < -0.4 is 0 Å². The van der Waals surface area contributed by atoms with Gasteiger partial charge in [-0.25, -0.2) is 0 Å². The molecule has 2 aliphatic heterocycles. The van der Waals surface area contributed by atoms with E-state index in [0.717, 1.165) is 0 Å². The van der Waals surface area contributed by atoms with Gasteiger partial charge in [0.2, 0.25) is 0 Å². The Labute approximate surface area is 71.4 Å². The normalized spacial score (nSPS) is 51.0. The maximum atomic E-state index is 9.67. The Morgan fingerprint density at radius 1 is 1.25 bits per heavy atom. The standard InChI is InChI=1S/C8H14O4/c1-7(2)11-5-4-10-8(3,9)6(5)12-7/h5-6,9H,4H2,1-3H3/t5-,6-,8?/m1/s1. The molecule has 2 aliphatic rings. The third-order valence-corrected chi connectivity index (χ3v) is 2.25. The minimum absolute atomic E-state index is 0.130. The molecule has 1 unspecified atom stereocenters. The van der Waals surface area contributed by atoms with Gasteiger partial charge in [-0.05, 0) is 20.8 Å². The molecule has 4 heteroatoms. The molecule has 0 aromatic heterocycles.